The van der Waals surface area contributed by atoms with Crippen molar-refractivity contribution >= 4 is 11.7 Å². The van der Waals surface area contributed by atoms with Gasteiger partial charge in [0.15, 0.2) is 0 Å². The predicted molar refractivity (Wildman–Crippen MR) is 204 cm³/mol. The highest BCUT2D eigenvalue weighted by atomic mass is 15.1. The van der Waals surface area contributed by atoms with Gasteiger partial charge in [-0.15, -0.1) is 0 Å². The molecule has 7 heteroatoms. The van der Waals surface area contributed by atoms with Crippen molar-refractivity contribution in [2.45, 2.75) is 84.2 Å². The molecule has 2 heterocycles. The highest BCUT2D eigenvalue weighted by Gasteiger charge is 2.33. The fourth-order valence-electron chi connectivity index (χ4n) is 5.93. The van der Waals surface area contributed by atoms with E-state index in [0.29, 0.717) is 6.54 Å². The summed E-state index contributed by atoms with van der Waals surface area (Å²) in [5.74, 6) is 2.79. The molecule has 1 aliphatic carbocycles. The number of allylic oxidation sites excluding steroid dienone is 9. The Bertz CT molecular complexity index is 1350. The van der Waals surface area contributed by atoms with Gasteiger partial charge in [0.05, 0.1) is 19.1 Å². The number of aliphatic imine (C=N–C) groups is 2. The van der Waals surface area contributed by atoms with E-state index < -0.39 is 0 Å². The molecular weight excluding hydrogens is 578 g/mol. The Kier molecular flexibility index (Phi) is 16.0. The Morgan fingerprint density at radius 3 is 2.91 bits per heavy atom. The number of hydrogen-bond donors (Lipinski definition) is 4. The lowest BCUT2D eigenvalue weighted by Crippen LogP contribution is -2.60. The van der Waals surface area contributed by atoms with Gasteiger partial charge in [0.25, 0.3) is 0 Å². The zero-order valence-corrected chi connectivity index (χ0v) is 30.1. The van der Waals surface area contributed by atoms with Crippen LogP contribution in [0.2, 0.25) is 0 Å². The summed E-state index contributed by atoms with van der Waals surface area (Å²) in [5, 5.41) is 14.0. The summed E-state index contributed by atoms with van der Waals surface area (Å²) in [7, 11) is 4.14. The third kappa shape index (κ3) is 13.6. The van der Waals surface area contributed by atoms with E-state index in [4.69, 9.17) is 9.98 Å². The molecule has 0 radical (unpaired) electrons. The zero-order valence-electron chi connectivity index (χ0n) is 30.1. The van der Waals surface area contributed by atoms with Gasteiger partial charge in [0, 0.05) is 25.7 Å². The summed E-state index contributed by atoms with van der Waals surface area (Å²) >= 11 is 0. The molecule has 0 aromatic heterocycles. The van der Waals surface area contributed by atoms with Gasteiger partial charge < -0.3 is 21.3 Å². The normalized spacial score (nSPS) is 25.6. The van der Waals surface area contributed by atoms with E-state index in [9.17, 15) is 0 Å². The monoisotopic (exact) mass is 639 g/mol. The van der Waals surface area contributed by atoms with E-state index in [-0.39, 0.29) is 11.6 Å². The smallest absolute Gasteiger partial charge is 0.120 e. The minimum atomic E-state index is -0.00214. The topological polar surface area (TPSA) is 76.1 Å². The maximum absolute atomic E-state index is 4.98. The molecule has 256 valence electrons. The second-order valence-electron chi connectivity index (χ2n) is 13.5. The van der Waals surface area contributed by atoms with Gasteiger partial charge in [-0.05, 0) is 107 Å². The molecule has 3 rings (SSSR count). The fourth-order valence-corrected chi connectivity index (χ4v) is 5.93. The zero-order chi connectivity index (χ0) is 34.1. The van der Waals surface area contributed by atoms with Crippen molar-refractivity contribution in [2.75, 3.05) is 46.8 Å². The fraction of sp³-hybridized carbons (Fsp3) is 0.525. The number of nitrogens with zero attached hydrogens (tertiary/aromatic N) is 3. The maximum Gasteiger partial charge on any atom is 0.120 e. The lowest BCUT2D eigenvalue weighted by atomic mass is 9.87. The molecule has 3 aliphatic rings. The van der Waals surface area contributed by atoms with Crippen LogP contribution in [0.15, 0.2) is 112 Å². The first-order valence-corrected chi connectivity index (χ1v) is 17.6. The van der Waals surface area contributed by atoms with E-state index >= 15 is 0 Å². The second-order valence-corrected chi connectivity index (χ2v) is 13.5. The summed E-state index contributed by atoms with van der Waals surface area (Å²) < 4.78 is 0. The van der Waals surface area contributed by atoms with Crippen molar-refractivity contribution in [3.8, 4) is 0 Å². The van der Waals surface area contributed by atoms with Crippen LogP contribution in [0.4, 0.5) is 0 Å². The molecule has 2 unspecified atom stereocenters. The van der Waals surface area contributed by atoms with Crippen molar-refractivity contribution in [2.24, 2.45) is 15.9 Å². The molecule has 0 aromatic rings. The van der Waals surface area contributed by atoms with E-state index in [1.807, 2.05) is 19.2 Å². The third-order valence-electron chi connectivity index (χ3n) is 9.18. The van der Waals surface area contributed by atoms with Gasteiger partial charge in [-0.1, -0.05) is 81.2 Å². The van der Waals surface area contributed by atoms with Crippen molar-refractivity contribution in [1.82, 2.24) is 26.2 Å². The van der Waals surface area contributed by atoms with Crippen LogP contribution >= 0.6 is 0 Å². The SMILES string of the molecule is C=CNCC1(C)CCCC(/C(=N/C2=C=CC(/C=C\CC(=C)/C=C3/C=C\C/N=C(/CN(C)CC[C@H](C)CC)NCC3)=C(C)C=C2)NC)N1. The molecule has 7 nitrogen and oxygen atoms in total. The molecule has 2 aliphatic heterocycles. The van der Waals surface area contributed by atoms with Crippen molar-refractivity contribution in [3.05, 3.63) is 102 Å². The number of hydrogen-bond acceptors (Lipinski definition) is 6. The molecule has 0 aromatic carbocycles. The first-order valence-electron chi connectivity index (χ1n) is 17.6. The Morgan fingerprint density at radius 2 is 2.15 bits per heavy atom. The van der Waals surface area contributed by atoms with Gasteiger partial charge in [0.1, 0.15) is 17.4 Å². The van der Waals surface area contributed by atoms with Gasteiger partial charge in [-0.2, -0.15) is 0 Å². The second kappa shape index (κ2) is 19.9. The van der Waals surface area contributed by atoms with Crippen LogP contribution in [0, 0.1) is 5.92 Å². The van der Waals surface area contributed by atoms with Crippen LogP contribution in [0.3, 0.4) is 0 Å². The Labute approximate surface area is 285 Å². The Balaban J connectivity index is 1.56. The molecule has 1 fully saturated rings. The van der Waals surface area contributed by atoms with E-state index in [1.165, 1.54) is 24.0 Å². The van der Waals surface area contributed by atoms with Crippen LogP contribution in [0.1, 0.15) is 72.6 Å². The Morgan fingerprint density at radius 1 is 1.32 bits per heavy atom. The average molecular weight is 640 g/mol. The van der Waals surface area contributed by atoms with Gasteiger partial charge >= 0.3 is 0 Å². The van der Waals surface area contributed by atoms with E-state index in [0.717, 1.165) is 92.7 Å². The molecule has 0 amide bonds. The molecule has 47 heavy (non-hydrogen) atoms. The molecule has 4 N–H and O–H groups in total. The number of rotatable bonds is 15. The van der Waals surface area contributed by atoms with Crippen molar-refractivity contribution in [1.29, 1.82) is 0 Å². The first kappa shape index (κ1) is 37.8. The quantitative estimate of drug-likeness (QED) is 0.0891. The lowest BCUT2D eigenvalue weighted by molar-refractivity contribution is 0.251. The van der Waals surface area contributed by atoms with Gasteiger partial charge in [0.2, 0.25) is 0 Å². The van der Waals surface area contributed by atoms with E-state index in [2.05, 4.69) is 116 Å². The van der Waals surface area contributed by atoms with Crippen LogP contribution in [0.5, 0.6) is 0 Å². The highest BCUT2D eigenvalue weighted by Crippen LogP contribution is 2.23. The van der Waals surface area contributed by atoms with E-state index in [1.54, 1.807) is 6.20 Å². The van der Waals surface area contributed by atoms with Crippen molar-refractivity contribution < 1.29 is 0 Å². The Hall–Kier alpha value is -3.64. The largest absolute Gasteiger partial charge is 0.390 e. The summed E-state index contributed by atoms with van der Waals surface area (Å²) in [6, 6.07) is 0.165. The van der Waals surface area contributed by atoms with Crippen molar-refractivity contribution in [3.63, 3.8) is 0 Å². The third-order valence-corrected chi connectivity index (χ3v) is 9.18. The minimum Gasteiger partial charge on any atom is -0.390 e. The number of amidine groups is 2. The number of likely N-dealkylation sites (N-methyl/N-ethyl adjacent to an activating group) is 2. The maximum atomic E-state index is 4.98. The minimum absolute atomic E-state index is 0.00214. The predicted octanol–water partition coefficient (Wildman–Crippen LogP) is 6.91. The standard InChI is InChI=1S/C40H61N7/c1-9-31(3)23-27-47(8)29-38-43-25-13-15-34(22-26-44-38)28-32(4)14-11-16-35-19-21-36(20-18-33(35)5)45-39(41-7)37-17-12-24-40(6,46-37)30-42-10-2/h10-11,13,15-16,18-20,28,31,37,42,46H,2,4,9,12,14,17,22-27,29-30H2,1,3,5-8H3,(H,41,45)(H,43,44)/b15-13-,16-11-,34-28-/t31-,37?,40?/m1/s1. The number of nitrogens with one attached hydrogen (secondary N) is 4. The molecule has 1 saturated heterocycles. The summed E-state index contributed by atoms with van der Waals surface area (Å²) in [6.07, 6.45) is 26.4. The highest BCUT2D eigenvalue weighted by molar-refractivity contribution is 5.88. The molecule has 0 spiro atoms. The summed E-state index contributed by atoms with van der Waals surface area (Å²) in [5.41, 5.74) is 8.91. The molecule has 0 bridgehead atoms. The van der Waals surface area contributed by atoms with Crippen LogP contribution in [-0.4, -0.2) is 75.0 Å². The number of piperidine rings is 1. The van der Waals surface area contributed by atoms with Crippen LogP contribution < -0.4 is 21.3 Å². The lowest BCUT2D eigenvalue weighted by Gasteiger charge is -2.40. The summed E-state index contributed by atoms with van der Waals surface area (Å²) in [6.45, 7) is 21.5. The molecular formula is C40H61N7. The molecule has 0 saturated carbocycles. The summed E-state index contributed by atoms with van der Waals surface area (Å²) in [4.78, 5) is 12.2. The van der Waals surface area contributed by atoms with Gasteiger partial charge in [-0.25, -0.2) is 4.99 Å². The average Bonchev–Trinajstić information content (AvgIpc) is 3.15. The van der Waals surface area contributed by atoms with Gasteiger partial charge in [-0.3, -0.25) is 9.89 Å². The van der Waals surface area contributed by atoms with Crippen LogP contribution in [0.25, 0.3) is 0 Å². The molecule has 3 atom stereocenters. The first-order chi connectivity index (χ1) is 22.6. The van der Waals surface area contributed by atoms with Crippen LogP contribution in [-0.2, 0) is 0 Å².